The number of hydrogen-bond acceptors (Lipinski definition) is 3. The number of ketones is 1. The summed E-state index contributed by atoms with van der Waals surface area (Å²) in [7, 11) is 0. The molecule has 0 aromatic carbocycles. The zero-order chi connectivity index (χ0) is 14.1. The summed E-state index contributed by atoms with van der Waals surface area (Å²) in [5.74, 6) is -5.81. The van der Waals surface area contributed by atoms with Gasteiger partial charge in [0.25, 0.3) is 5.92 Å². The summed E-state index contributed by atoms with van der Waals surface area (Å²) in [5.41, 5.74) is -0.672. The van der Waals surface area contributed by atoms with E-state index in [9.17, 15) is 18.4 Å². The summed E-state index contributed by atoms with van der Waals surface area (Å²) in [6.45, 7) is 6.36. The van der Waals surface area contributed by atoms with E-state index < -0.39 is 35.2 Å². The summed E-state index contributed by atoms with van der Waals surface area (Å²) >= 11 is 0. The molecule has 0 aromatic heterocycles. The van der Waals surface area contributed by atoms with Gasteiger partial charge < -0.3 is 10.1 Å². The molecule has 2 atom stereocenters. The van der Waals surface area contributed by atoms with Crippen LogP contribution in [-0.2, 0) is 9.53 Å². The molecular weight excluding hydrogens is 244 g/mol. The van der Waals surface area contributed by atoms with E-state index in [2.05, 4.69) is 5.32 Å². The molecule has 0 aromatic rings. The van der Waals surface area contributed by atoms with Crippen molar-refractivity contribution in [2.75, 3.05) is 6.54 Å². The molecule has 0 spiro atoms. The first-order valence-electron chi connectivity index (χ1n) is 5.97. The van der Waals surface area contributed by atoms with Gasteiger partial charge in [0.2, 0.25) is 0 Å². The molecule has 1 N–H and O–H groups in total. The number of carbonyl (C=O) groups excluding carboxylic acids is 2. The predicted molar refractivity (Wildman–Crippen MR) is 61.5 cm³/mol. The van der Waals surface area contributed by atoms with Gasteiger partial charge in [0.15, 0.2) is 0 Å². The normalized spacial score (nSPS) is 25.4. The maximum absolute atomic E-state index is 13.3. The van der Waals surface area contributed by atoms with Crippen molar-refractivity contribution in [1.82, 2.24) is 5.32 Å². The number of ether oxygens (including phenoxy) is 1. The Bertz CT molecular complexity index is 350. The summed E-state index contributed by atoms with van der Waals surface area (Å²) in [6.07, 6.45) is -0.656. The van der Waals surface area contributed by atoms with Crippen LogP contribution in [0.4, 0.5) is 13.6 Å². The predicted octanol–water partition coefficient (Wildman–Crippen LogP) is 2.37. The summed E-state index contributed by atoms with van der Waals surface area (Å²) in [5, 5.41) is 2.27. The van der Waals surface area contributed by atoms with E-state index in [4.69, 9.17) is 4.74 Å². The molecule has 0 unspecified atom stereocenters. The second kappa shape index (κ2) is 4.82. The van der Waals surface area contributed by atoms with Crippen LogP contribution in [0.1, 0.15) is 34.1 Å². The molecule has 1 rings (SSSR count). The molecule has 0 bridgehead atoms. The number of nitrogens with one attached hydrogen (secondary N) is 1. The average Bonchev–Trinajstić information content (AvgIpc) is 2.74. The third kappa shape index (κ3) is 3.40. The Kier molecular flexibility index (Phi) is 3.98. The van der Waals surface area contributed by atoms with Crippen molar-refractivity contribution in [2.24, 2.45) is 11.8 Å². The highest BCUT2D eigenvalue weighted by atomic mass is 19.3. The maximum Gasteiger partial charge on any atom is 0.407 e. The van der Waals surface area contributed by atoms with Crippen LogP contribution in [0.5, 0.6) is 0 Å². The highest BCUT2D eigenvalue weighted by Crippen LogP contribution is 2.55. The van der Waals surface area contributed by atoms with E-state index in [0.29, 0.717) is 0 Å². The minimum absolute atomic E-state index is 0.0865. The average molecular weight is 263 g/mol. The Balaban J connectivity index is 2.42. The van der Waals surface area contributed by atoms with E-state index in [1.165, 1.54) is 0 Å². The van der Waals surface area contributed by atoms with Crippen LogP contribution in [-0.4, -0.2) is 29.9 Å². The largest absolute Gasteiger partial charge is 0.444 e. The molecule has 1 aliphatic carbocycles. The Morgan fingerprint density at radius 3 is 2.33 bits per heavy atom. The zero-order valence-electron chi connectivity index (χ0n) is 11.0. The van der Waals surface area contributed by atoms with E-state index in [0.717, 1.165) is 0 Å². The maximum atomic E-state index is 13.3. The molecule has 1 amide bonds. The van der Waals surface area contributed by atoms with Crippen LogP contribution in [0, 0.1) is 11.8 Å². The van der Waals surface area contributed by atoms with Gasteiger partial charge >= 0.3 is 6.09 Å². The molecular formula is C12H19F2NO3. The van der Waals surface area contributed by atoms with Crippen molar-refractivity contribution < 1.29 is 23.1 Å². The Morgan fingerprint density at radius 1 is 1.33 bits per heavy atom. The fourth-order valence-corrected chi connectivity index (χ4v) is 1.81. The van der Waals surface area contributed by atoms with Crippen LogP contribution >= 0.6 is 0 Å². The number of amides is 1. The van der Waals surface area contributed by atoms with Crippen molar-refractivity contribution in [3.05, 3.63) is 0 Å². The SMILES string of the molecule is CCC(=O)[C@@H]1[C@H](CNC(=O)OC(C)(C)C)C1(F)F. The lowest BCUT2D eigenvalue weighted by Crippen LogP contribution is -2.34. The van der Waals surface area contributed by atoms with Crippen LogP contribution in [0.3, 0.4) is 0 Å². The van der Waals surface area contributed by atoms with Gasteiger partial charge in [0, 0.05) is 13.0 Å². The number of hydrogen-bond donors (Lipinski definition) is 1. The smallest absolute Gasteiger partial charge is 0.407 e. The van der Waals surface area contributed by atoms with Gasteiger partial charge in [-0.2, -0.15) is 0 Å². The van der Waals surface area contributed by atoms with Crippen molar-refractivity contribution in [2.45, 2.75) is 45.6 Å². The van der Waals surface area contributed by atoms with Gasteiger partial charge in [-0.3, -0.25) is 4.79 Å². The van der Waals surface area contributed by atoms with Gasteiger partial charge in [-0.25, -0.2) is 13.6 Å². The lowest BCUT2D eigenvalue weighted by Gasteiger charge is -2.19. The minimum atomic E-state index is -3.00. The lowest BCUT2D eigenvalue weighted by atomic mass is 10.2. The lowest BCUT2D eigenvalue weighted by molar-refractivity contribution is -0.122. The molecule has 0 saturated heterocycles. The molecule has 104 valence electrons. The monoisotopic (exact) mass is 263 g/mol. The molecule has 0 aliphatic heterocycles. The zero-order valence-corrected chi connectivity index (χ0v) is 11.0. The highest BCUT2D eigenvalue weighted by molar-refractivity contribution is 5.85. The number of Topliss-reactive ketones (excluding diaryl/α,β-unsaturated/α-hetero) is 1. The molecule has 18 heavy (non-hydrogen) atoms. The number of rotatable bonds is 4. The Morgan fingerprint density at radius 2 is 1.89 bits per heavy atom. The summed E-state index contributed by atoms with van der Waals surface area (Å²) in [4.78, 5) is 22.5. The standard InChI is InChI=1S/C12H19F2NO3/c1-5-8(16)9-7(12(9,13)14)6-15-10(17)18-11(2,3)4/h7,9H,5-6H2,1-4H3,(H,15,17)/t7-,9-/m0/s1. The first-order valence-corrected chi connectivity index (χ1v) is 5.97. The molecule has 1 saturated carbocycles. The molecule has 6 heteroatoms. The molecule has 1 aliphatic rings. The minimum Gasteiger partial charge on any atom is -0.444 e. The molecule has 1 fully saturated rings. The first kappa shape index (κ1) is 14.9. The van der Waals surface area contributed by atoms with Crippen molar-refractivity contribution in [3.63, 3.8) is 0 Å². The van der Waals surface area contributed by atoms with Gasteiger partial charge in [-0.05, 0) is 20.8 Å². The van der Waals surface area contributed by atoms with E-state index in [1.807, 2.05) is 0 Å². The van der Waals surface area contributed by atoms with Gasteiger partial charge in [-0.1, -0.05) is 6.92 Å². The van der Waals surface area contributed by atoms with Crippen LogP contribution < -0.4 is 5.32 Å². The fourth-order valence-electron chi connectivity index (χ4n) is 1.81. The number of alkyl halides is 2. The van der Waals surface area contributed by atoms with E-state index in [-0.39, 0.29) is 13.0 Å². The van der Waals surface area contributed by atoms with Crippen molar-refractivity contribution in [3.8, 4) is 0 Å². The van der Waals surface area contributed by atoms with Crippen LogP contribution in [0.2, 0.25) is 0 Å². The number of alkyl carbamates (subject to hydrolysis) is 1. The van der Waals surface area contributed by atoms with Gasteiger partial charge in [-0.15, -0.1) is 0 Å². The molecule has 0 radical (unpaired) electrons. The highest BCUT2D eigenvalue weighted by Gasteiger charge is 2.70. The van der Waals surface area contributed by atoms with Crippen LogP contribution in [0.15, 0.2) is 0 Å². The summed E-state index contributed by atoms with van der Waals surface area (Å²) < 4.78 is 31.5. The Labute approximate surface area is 105 Å². The van der Waals surface area contributed by atoms with E-state index in [1.54, 1.807) is 27.7 Å². The van der Waals surface area contributed by atoms with Crippen molar-refractivity contribution in [1.29, 1.82) is 0 Å². The quantitative estimate of drug-likeness (QED) is 0.847. The molecule has 4 nitrogen and oxygen atoms in total. The number of carbonyl (C=O) groups is 2. The van der Waals surface area contributed by atoms with Crippen LogP contribution in [0.25, 0.3) is 0 Å². The second-order valence-corrected chi connectivity index (χ2v) is 5.46. The first-order chi connectivity index (χ1) is 8.09. The van der Waals surface area contributed by atoms with Crippen molar-refractivity contribution >= 4 is 11.9 Å². The molecule has 0 heterocycles. The second-order valence-electron chi connectivity index (χ2n) is 5.46. The third-order valence-electron chi connectivity index (χ3n) is 2.76. The fraction of sp³-hybridized carbons (Fsp3) is 0.833. The summed E-state index contributed by atoms with van der Waals surface area (Å²) in [6, 6.07) is 0. The van der Waals surface area contributed by atoms with Gasteiger partial charge in [0.05, 0.1) is 11.8 Å². The van der Waals surface area contributed by atoms with E-state index >= 15 is 0 Å². The van der Waals surface area contributed by atoms with Gasteiger partial charge in [0.1, 0.15) is 11.4 Å². The topological polar surface area (TPSA) is 55.4 Å². The number of halogens is 2. The third-order valence-corrected chi connectivity index (χ3v) is 2.76. The Hall–Kier alpha value is -1.20.